The first-order valence-electron chi connectivity index (χ1n) is 4.40. The van der Waals surface area contributed by atoms with Crippen molar-refractivity contribution >= 4 is 24.7 Å². The van der Waals surface area contributed by atoms with Gasteiger partial charge in [-0.1, -0.05) is 18.2 Å². The van der Waals surface area contributed by atoms with Crippen molar-refractivity contribution in [3.63, 3.8) is 0 Å². The van der Waals surface area contributed by atoms with Crippen molar-refractivity contribution < 1.29 is 4.52 Å². The third kappa shape index (κ3) is 2.52. The zero-order valence-electron chi connectivity index (χ0n) is 7.29. The average Bonchev–Trinajstić information content (AvgIpc) is 2.99. The molecule has 0 N–H and O–H groups in total. The molecule has 0 bridgehead atoms. The Kier molecular flexibility index (Phi) is 2.97. The van der Waals surface area contributed by atoms with Crippen LogP contribution in [0.1, 0.15) is 12.8 Å². The molecule has 0 radical (unpaired) electrons. The van der Waals surface area contributed by atoms with Crippen LogP contribution in [0.15, 0.2) is 30.3 Å². The molecule has 1 saturated carbocycles. The van der Waals surface area contributed by atoms with Gasteiger partial charge in [-0.25, -0.2) is 0 Å². The number of benzene rings is 1. The minimum atomic E-state index is -0.860. The van der Waals surface area contributed by atoms with E-state index in [1.807, 2.05) is 30.3 Å². The molecule has 70 valence electrons. The van der Waals surface area contributed by atoms with E-state index in [2.05, 4.69) is 0 Å². The van der Waals surface area contributed by atoms with Gasteiger partial charge in [-0.3, -0.25) is 0 Å². The largest absolute Gasteiger partial charge is 0.479 e. The molecule has 1 aliphatic rings. The quantitative estimate of drug-likeness (QED) is 0.554. The minimum absolute atomic E-state index is 0.662. The first-order valence-corrected chi connectivity index (χ1v) is 6.55. The lowest BCUT2D eigenvalue weighted by molar-refractivity contribution is 0.631. The van der Waals surface area contributed by atoms with Gasteiger partial charge in [0.05, 0.1) is 13.4 Å². The second-order valence-electron chi connectivity index (χ2n) is 3.08. The molecule has 0 heterocycles. The van der Waals surface area contributed by atoms with Crippen molar-refractivity contribution in [1.29, 1.82) is 0 Å². The van der Waals surface area contributed by atoms with Gasteiger partial charge in [0.1, 0.15) is 5.75 Å². The van der Waals surface area contributed by atoms with Crippen LogP contribution in [0.4, 0.5) is 0 Å². The van der Waals surface area contributed by atoms with Crippen LogP contribution >= 0.6 is 19.4 Å². The monoisotopic (exact) mass is 214 g/mol. The van der Waals surface area contributed by atoms with Gasteiger partial charge in [-0.2, -0.15) is 0 Å². The van der Waals surface area contributed by atoms with Crippen molar-refractivity contribution in [2.24, 2.45) is 0 Å². The summed E-state index contributed by atoms with van der Waals surface area (Å²) in [5, 5.41) is 1.55. The van der Waals surface area contributed by atoms with Crippen LogP contribution in [0.25, 0.3) is 0 Å². The summed E-state index contributed by atoms with van der Waals surface area (Å²) >= 11 is 5.85. The van der Waals surface area contributed by atoms with Gasteiger partial charge < -0.3 is 4.52 Å². The lowest BCUT2D eigenvalue weighted by Gasteiger charge is -2.08. The number of hydrogen-bond donors (Lipinski definition) is 0. The number of alkyl halides is 1. The molecule has 1 aromatic carbocycles. The third-order valence-corrected chi connectivity index (χ3v) is 4.74. The molecule has 1 nitrogen and oxygen atoms in total. The number of rotatable bonds is 3. The van der Waals surface area contributed by atoms with Gasteiger partial charge in [0.2, 0.25) is 0 Å². The Morgan fingerprint density at radius 2 is 1.92 bits per heavy atom. The summed E-state index contributed by atoms with van der Waals surface area (Å²) in [6, 6.07) is 9.94. The van der Waals surface area contributed by atoms with Crippen molar-refractivity contribution in [2.75, 3.05) is 5.62 Å². The zero-order valence-corrected chi connectivity index (χ0v) is 9.05. The Bertz CT molecular complexity index is 315. The standard InChI is InChI=1S/C10H12ClOP/c11-8-13(10-6-7-10)12-9-4-2-1-3-5-9/h1-5,13H,6-8H2. The highest BCUT2D eigenvalue weighted by molar-refractivity contribution is 7.56. The molecule has 13 heavy (non-hydrogen) atoms. The van der Waals surface area contributed by atoms with Crippen molar-refractivity contribution in [3.8, 4) is 5.75 Å². The molecule has 1 aliphatic carbocycles. The van der Waals surface area contributed by atoms with E-state index in [9.17, 15) is 0 Å². The first kappa shape index (κ1) is 9.18. The molecule has 0 aromatic heterocycles. The predicted octanol–water partition coefficient (Wildman–Crippen LogP) is 3.36. The van der Waals surface area contributed by atoms with Crippen LogP contribution in [0, 0.1) is 0 Å². The molecule has 0 saturated heterocycles. The third-order valence-electron chi connectivity index (χ3n) is 2.00. The van der Waals surface area contributed by atoms with Crippen LogP contribution < -0.4 is 4.52 Å². The molecular formula is C10H12ClOP. The summed E-state index contributed by atoms with van der Waals surface area (Å²) in [6.45, 7) is 0. The summed E-state index contributed by atoms with van der Waals surface area (Å²) in [5.41, 5.74) is 0.662. The Morgan fingerprint density at radius 1 is 1.23 bits per heavy atom. The Morgan fingerprint density at radius 3 is 2.46 bits per heavy atom. The normalized spacial score (nSPS) is 16.8. The van der Waals surface area contributed by atoms with E-state index in [0.717, 1.165) is 5.75 Å². The van der Waals surface area contributed by atoms with Gasteiger partial charge in [-0.15, -0.1) is 11.6 Å². The Hall–Kier alpha value is -0.390. The molecule has 2 rings (SSSR count). The molecule has 1 atom stereocenters. The van der Waals surface area contributed by atoms with E-state index in [1.165, 1.54) is 12.8 Å². The number of halogens is 1. The molecule has 1 aromatic rings. The van der Waals surface area contributed by atoms with Gasteiger partial charge >= 0.3 is 0 Å². The highest BCUT2D eigenvalue weighted by Gasteiger charge is 2.17. The fourth-order valence-corrected chi connectivity index (χ4v) is 3.39. The van der Waals surface area contributed by atoms with Crippen molar-refractivity contribution in [1.82, 2.24) is 0 Å². The van der Waals surface area contributed by atoms with E-state index in [4.69, 9.17) is 16.1 Å². The lowest BCUT2D eigenvalue weighted by atomic mass is 10.3. The highest BCUT2D eigenvalue weighted by atomic mass is 35.5. The average molecular weight is 215 g/mol. The minimum Gasteiger partial charge on any atom is -0.479 e. The molecular weight excluding hydrogens is 203 g/mol. The second kappa shape index (κ2) is 4.21. The lowest BCUT2D eigenvalue weighted by Crippen LogP contribution is -1.84. The second-order valence-corrected chi connectivity index (χ2v) is 5.90. The molecule has 0 aliphatic heterocycles. The first-order chi connectivity index (χ1) is 6.40. The number of hydrogen-bond acceptors (Lipinski definition) is 1. The topological polar surface area (TPSA) is 9.23 Å². The summed E-state index contributed by atoms with van der Waals surface area (Å²) in [7, 11) is -0.860. The summed E-state index contributed by atoms with van der Waals surface area (Å²) in [6.07, 6.45) is 2.46. The SMILES string of the molecule is ClC[PH](Oc1ccccc1)=C1CC1. The maximum Gasteiger partial charge on any atom is 0.122 e. The fourth-order valence-electron chi connectivity index (χ4n) is 1.17. The van der Waals surface area contributed by atoms with E-state index < -0.39 is 7.77 Å². The van der Waals surface area contributed by atoms with E-state index >= 15 is 0 Å². The summed E-state index contributed by atoms with van der Waals surface area (Å²) in [5.74, 6) is 0.955. The van der Waals surface area contributed by atoms with E-state index in [0.29, 0.717) is 5.62 Å². The fraction of sp³-hybridized carbons (Fsp3) is 0.300. The maximum atomic E-state index is 5.85. The summed E-state index contributed by atoms with van der Waals surface area (Å²) < 4.78 is 5.82. The molecule has 1 unspecified atom stereocenters. The molecule has 1 fully saturated rings. The molecule has 0 amide bonds. The van der Waals surface area contributed by atoms with Crippen molar-refractivity contribution in [2.45, 2.75) is 12.8 Å². The van der Waals surface area contributed by atoms with Crippen LogP contribution in [-0.2, 0) is 0 Å². The predicted molar refractivity (Wildman–Crippen MR) is 60.3 cm³/mol. The van der Waals surface area contributed by atoms with Gasteiger partial charge in [0.15, 0.2) is 0 Å². The van der Waals surface area contributed by atoms with E-state index in [1.54, 1.807) is 5.29 Å². The molecule has 0 spiro atoms. The van der Waals surface area contributed by atoms with E-state index in [-0.39, 0.29) is 0 Å². The van der Waals surface area contributed by atoms with Crippen LogP contribution in [0.3, 0.4) is 0 Å². The van der Waals surface area contributed by atoms with Gasteiger partial charge in [0, 0.05) is 0 Å². The van der Waals surface area contributed by atoms with Crippen LogP contribution in [0.2, 0.25) is 0 Å². The smallest absolute Gasteiger partial charge is 0.122 e. The highest BCUT2D eigenvalue weighted by Crippen LogP contribution is 2.38. The Labute approximate surface area is 84.1 Å². The van der Waals surface area contributed by atoms with Crippen LogP contribution in [0.5, 0.6) is 5.75 Å². The maximum absolute atomic E-state index is 5.85. The summed E-state index contributed by atoms with van der Waals surface area (Å²) in [4.78, 5) is 0. The zero-order chi connectivity index (χ0) is 9.10. The van der Waals surface area contributed by atoms with Crippen LogP contribution in [-0.4, -0.2) is 10.9 Å². The van der Waals surface area contributed by atoms with Gasteiger partial charge in [-0.05, 0) is 30.3 Å². The molecule has 3 heteroatoms. The number of para-hydroxylation sites is 1. The van der Waals surface area contributed by atoms with Crippen molar-refractivity contribution in [3.05, 3.63) is 30.3 Å². The van der Waals surface area contributed by atoms with Gasteiger partial charge in [0.25, 0.3) is 0 Å². The Balaban J connectivity index is 2.09.